The third-order valence-electron chi connectivity index (χ3n) is 4.33. The Morgan fingerprint density at radius 3 is 2.63 bits per heavy atom. The molecule has 0 bridgehead atoms. The van der Waals surface area contributed by atoms with E-state index in [-0.39, 0.29) is 17.8 Å². The maximum absolute atomic E-state index is 13.7. The number of aromatic nitrogens is 1. The lowest BCUT2D eigenvalue weighted by Crippen LogP contribution is -2.37. The van der Waals surface area contributed by atoms with Crippen LogP contribution in [0.1, 0.15) is 38.7 Å². The Morgan fingerprint density at radius 1 is 1.41 bits per heavy atom. The number of allylic oxidation sites excluding steroid dienone is 1. The molecule has 0 aromatic carbocycles. The predicted molar refractivity (Wildman–Crippen MR) is 97.0 cm³/mol. The predicted octanol–water partition coefficient (Wildman–Crippen LogP) is 3.58. The number of rotatable bonds is 8. The number of aliphatic hydroxyl groups excluding tert-OH is 1. The average Bonchev–Trinajstić information content (AvgIpc) is 2.83. The Morgan fingerprint density at radius 2 is 2.07 bits per heavy atom. The number of alkyl halides is 2. The van der Waals surface area contributed by atoms with E-state index in [9.17, 15) is 23.5 Å². The highest BCUT2D eigenvalue weighted by Crippen LogP contribution is 2.34. The third kappa shape index (κ3) is 4.33. The van der Waals surface area contributed by atoms with Gasteiger partial charge in [0.25, 0.3) is 17.7 Å². The minimum Gasteiger partial charge on any atom is -0.393 e. The first-order valence-electron chi connectivity index (χ1n) is 8.34. The van der Waals surface area contributed by atoms with Crippen molar-refractivity contribution in [2.75, 3.05) is 5.43 Å². The van der Waals surface area contributed by atoms with Gasteiger partial charge in [-0.25, -0.2) is 4.98 Å². The molecule has 0 spiro atoms. The number of nitrogens with zero attached hydrogens (tertiary/aromatic N) is 2. The van der Waals surface area contributed by atoms with Crippen molar-refractivity contribution in [3.63, 3.8) is 0 Å². The smallest absolute Gasteiger partial charge is 0.294 e. The van der Waals surface area contributed by atoms with Crippen LogP contribution in [0.4, 0.5) is 14.6 Å². The third-order valence-corrected chi connectivity index (χ3v) is 4.62. The molecule has 0 saturated carbocycles. The Balaban J connectivity index is 2.17. The molecule has 0 radical (unpaired) electrons. The highest BCUT2D eigenvalue weighted by Gasteiger charge is 2.37. The fourth-order valence-corrected chi connectivity index (χ4v) is 2.85. The van der Waals surface area contributed by atoms with E-state index in [1.165, 1.54) is 13.0 Å². The van der Waals surface area contributed by atoms with Crippen LogP contribution in [0.2, 0.25) is 5.15 Å². The van der Waals surface area contributed by atoms with Crippen molar-refractivity contribution in [1.29, 1.82) is 0 Å². The molecule has 2 amide bonds. The lowest BCUT2D eigenvalue weighted by Gasteiger charge is -2.18. The number of amides is 2. The largest absolute Gasteiger partial charge is 0.393 e. The van der Waals surface area contributed by atoms with E-state index in [1.54, 1.807) is 0 Å². The highest BCUT2D eigenvalue weighted by atomic mass is 35.5. The van der Waals surface area contributed by atoms with Crippen molar-refractivity contribution in [2.24, 2.45) is 0 Å². The molecule has 0 aliphatic carbocycles. The zero-order chi connectivity index (χ0) is 20.4. The first kappa shape index (κ1) is 21.0. The van der Waals surface area contributed by atoms with Crippen molar-refractivity contribution in [1.82, 2.24) is 9.99 Å². The molecule has 146 valence electrons. The van der Waals surface area contributed by atoms with Crippen LogP contribution in [-0.4, -0.2) is 33.0 Å². The van der Waals surface area contributed by atoms with E-state index in [1.807, 2.05) is 6.92 Å². The quantitative estimate of drug-likeness (QED) is 0.396. The summed E-state index contributed by atoms with van der Waals surface area (Å²) in [5.41, 5.74) is 2.52. The second-order valence-corrected chi connectivity index (χ2v) is 6.48. The molecule has 1 aliphatic heterocycles. The van der Waals surface area contributed by atoms with E-state index in [4.69, 9.17) is 11.6 Å². The standard InChI is InChI=1S/C18H20ClF2N3O3/c1-4-11(25)6-7-12-10(3)16(26)24(17(12)27)23-14-9-8-13(15(19)22-14)18(20,21)5-2/h5,8-9,11,25H,2,4,6-7H2,1,3H3,(H,22,23). The Bertz CT molecular complexity index is 811. The maximum Gasteiger partial charge on any atom is 0.294 e. The summed E-state index contributed by atoms with van der Waals surface area (Å²) in [5.74, 6) is -4.53. The zero-order valence-corrected chi connectivity index (χ0v) is 15.7. The Labute approximate surface area is 160 Å². The number of carbonyl (C=O) groups is 2. The molecule has 0 saturated heterocycles. The first-order chi connectivity index (χ1) is 12.6. The van der Waals surface area contributed by atoms with E-state index in [0.29, 0.717) is 24.5 Å². The van der Waals surface area contributed by atoms with Gasteiger partial charge in [-0.2, -0.15) is 13.8 Å². The van der Waals surface area contributed by atoms with Gasteiger partial charge in [-0.3, -0.25) is 15.0 Å². The number of halogens is 3. The van der Waals surface area contributed by atoms with E-state index < -0.39 is 34.6 Å². The zero-order valence-electron chi connectivity index (χ0n) is 14.9. The number of hydrazine groups is 1. The highest BCUT2D eigenvalue weighted by molar-refractivity contribution is 6.30. The summed E-state index contributed by atoms with van der Waals surface area (Å²) >= 11 is 5.80. The second-order valence-electron chi connectivity index (χ2n) is 6.12. The molecule has 6 nitrogen and oxygen atoms in total. The van der Waals surface area contributed by atoms with Crippen LogP contribution in [0.5, 0.6) is 0 Å². The summed E-state index contributed by atoms with van der Waals surface area (Å²) in [6.07, 6.45) is 1.03. The van der Waals surface area contributed by atoms with Crippen molar-refractivity contribution in [3.8, 4) is 0 Å². The topological polar surface area (TPSA) is 82.5 Å². The summed E-state index contributed by atoms with van der Waals surface area (Å²) in [4.78, 5) is 28.6. The number of carbonyl (C=O) groups excluding carboxylic acids is 2. The number of imide groups is 1. The molecule has 2 rings (SSSR count). The number of nitrogens with one attached hydrogen (secondary N) is 1. The maximum atomic E-state index is 13.7. The average molecular weight is 400 g/mol. The normalized spacial score (nSPS) is 16.1. The summed E-state index contributed by atoms with van der Waals surface area (Å²) in [6, 6.07) is 2.23. The summed E-state index contributed by atoms with van der Waals surface area (Å²) in [7, 11) is 0. The van der Waals surface area contributed by atoms with Gasteiger partial charge in [0, 0.05) is 11.1 Å². The Kier molecular flexibility index (Phi) is 6.33. The molecule has 2 N–H and O–H groups in total. The van der Waals surface area contributed by atoms with Crippen molar-refractivity contribution in [3.05, 3.63) is 46.7 Å². The van der Waals surface area contributed by atoms with Gasteiger partial charge in [0.05, 0.1) is 11.7 Å². The number of pyridine rings is 1. The number of hydrogen-bond donors (Lipinski definition) is 2. The van der Waals surface area contributed by atoms with Gasteiger partial charge in [-0.1, -0.05) is 25.1 Å². The van der Waals surface area contributed by atoms with Crippen molar-refractivity contribution < 1.29 is 23.5 Å². The molecule has 1 atom stereocenters. The fraction of sp³-hybridized carbons (Fsp3) is 0.389. The van der Waals surface area contributed by atoms with Crippen LogP contribution in [0.25, 0.3) is 0 Å². The number of aliphatic hydroxyl groups is 1. The van der Waals surface area contributed by atoms with Gasteiger partial charge in [-0.05, 0) is 44.4 Å². The van der Waals surface area contributed by atoms with E-state index in [2.05, 4.69) is 17.0 Å². The van der Waals surface area contributed by atoms with E-state index >= 15 is 0 Å². The molecule has 1 aromatic heterocycles. The second kappa shape index (κ2) is 8.14. The molecule has 9 heteroatoms. The fourth-order valence-electron chi connectivity index (χ4n) is 2.57. The Hall–Kier alpha value is -2.32. The van der Waals surface area contributed by atoms with Gasteiger partial charge in [0.15, 0.2) is 0 Å². The van der Waals surface area contributed by atoms with Crippen LogP contribution in [-0.2, 0) is 15.5 Å². The van der Waals surface area contributed by atoms with Gasteiger partial charge < -0.3 is 5.11 Å². The molecular weight excluding hydrogens is 380 g/mol. The number of anilines is 1. The van der Waals surface area contributed by atoms with Gasteiger partial charge in [0.2, 0.25) is 0 Å². The van der Waals surface area contributed by atoms with Gasteiger partial charge in [0.1, 0.15) is 11.0 Å². The van der Waals surface area contributed by atoms with Crippen LogP contribution < -0.4 is 5.43 Å². The summed E-state index contributed by atoms with van der Waals surface area (Å²) in [6.45, 7) is 6.39. The van der Waals surface area contributed by atoms with Crippen LogP contribution in [0.3, 0.4) is 0 Å². The summed E-state index contributed by atoms with van der Waals surface area (Å²) in [5, 5.41) is 9.94. The van der Waals surface area contributed by atoms with Gasteiger partial charge >= 0.3 is 0 Å². The number of hydrogen-bond acceptors (Lipinski definition) is 5. The molecule has 27 heavy (non-hydrogen) atoms. The lowest BCUT2D eigenvalue weighted by molar-refractivity contribution is -0.136. The molecule has 1 unspecified atom stereocenters. The summed E-state index contributed by atoms with van der Waals surface area (Å²) < 4.78 is 27.4. The molecule has 2 heterocycles. The molecule has 1 aliphatic rings. The van der Waals surface area contributed by atoms with Crippen LogP contribution >= 0.6 is 11.6 Å². The SMILES string of the molecule is C=CC(F)(F)c1ccc(NN2C(=O)C(C)=C(CCC(O)CC)C2=O)nc1Cl. The van der Waals surface area contributed by atoms with Crippen molar-refractivity contribution in [2.45, 2.75) is 45.1 Å². The first-order valence-corrected chi connectivity index (χ1v) is 8.71. The minimum atomic E-state index is -3.35. The molecule has 1 aromatic rings. The lowest BCUT2D eigenvalue weighted by atomic mass is 10.0. The monoisotopic (exact) mass is 399 g/mol. The van der Waals surface area contributed by atoms with Gasteiger partial charge in [-0.15, -0.1) is 0 Å². The van der Waals surface area contributed by atoms with Crippen molar-refractivity contribution >= 4 is 29.2 Å². The van der Waals surface area contributed by atoms with Crippen LogP contribution in [0, 0.1) is 0 Å². The van der Waals surface area contributed by atoms with E-state index in [0.717, 1.165) is 11.1 Å². The minimum absolute atomic E-state index is 0.0343. The molecule has 0 fully saturated rings. The van der Waals surface area contributed by atoms with Crippen LogP contribution in [0.15, 0.2) is 35.9 Å². The molecular formula is C18H20ClF2N3O3.